The quantitative estimate of drug-likeness (QED) is 0.450. The van der Waals surface area contributed by atoms with Gasteiger partial charge in [-0.05, 0) is 54.7 Å². The van der Waals surface area contributed by atoms with Gasteiger partial charge in [-0.25, -0.2) is 9.37 Å². The number of halogens is 1. The Hall–Kier alpha value is -3.67. The third kappa shape index (κ3) is 3.89. The molecule has 31 heavy (non-hydrogen) atoms. The Labute approximate surface area is 178 Å². The van der Waals surface area contributed by atoms with E-state index in [9.17, 15) is 4.79 Å². The fraction of sp³-hybridized carbons (Fsp3) is 0.200. The van der Waals surface area contributed by atoms with E-state index in [4.69, 9.17) is 14.3 Å². The van der Waals surface area contributed by atoms with Crippen molar-refractivity contribution in [2.24, 2.45) is 0 Å². The predicted molar refractivity (Wildman–Crippen MR) is 113 cm³/mol. The molecule has 1 unspecified atom stereocenters. The van der Waals surface area contributed by atoms with Crippen molar-refractivity contribution in [3.8, 4) is 17.0 Å². The van der Waals surface area contributed by atoms with E-state index >= 15 is 4.39 Å². The third-order valence-corrected chi connectivity index (χ3v) is 5.65. The van der Waals surface area contributed by atoms with Crippen molar-refractivity contribution in [2.75, 3.05) is 0 Å². The molecule has 1 aliphatic rings. The molecule has 156 valence electrons. The Morgan fingerprint density at radius 2 is 2.03 bits per heavy atom. The maximum Gasteiger partial charge on any atom is 0.303 e. The first kappa shape index (κ1) is 19.3. The predicted octanol–water partition coefficient (Wildman–Crippen LogP) is 5.72. The molecule has 1 N–H and O–H groups in total. The lowest BCUT2D eigenvalue weighted by molar-refractivity contribution is -0.136. The molecule has 0 saturated heterocycles. The Morgan fingerprint density at radius 3 is 2.87 bits per heavy atom. The molecule has 0 aliphatic carbocycles. The van der Waals surface area contributed by atoms with Crippen LogP contribution in [0.4, 0.5) is 4.39 Å². The van der Waals surface area contributed by atoms with Crippen molar-refractivity contribution in [3.05, 3.63) is 83.4 Å². The summed E-state index contributed by atoms with van der Waals surface area (Å²) in [6, 6.07) is 16.3. The summed E-state index contributed by atoms with van der Waals surface area (Å²) < 4.78 is 26.5. The molecule has 0 saturated carbocycles. The van der Waals surface area contributed by atoms with Crippen LogP contribution in [-0.4, -0.2) is 16.1 Å². The lowest BCUT2D eigenvalue weighted by atomic mass is 9.94. The standard InChI is InChI=1S/C25H20FNO4/c26-19-14-17(20-7-9-23-21(27-20)11-12-30-23)4-6-18(19)22-8-5-16-3-1-15(2-10-25(28)29)13-24(16)31-22/h1,3-4,6-7,9,11-14,22H,2,5,8,10H2,(H,28,29). The van der Waals surface area contributed by atoms with E-state index in [1.54, 1.807) is 18.4 Å². The molecule has 5 nitrogen and oxygen atoms in total. The molecule has 0 spiro atoms. The normalized spacial score (nSPS) is 15.5. The molecule has 6 heteroatoms. The number of benzene rings is 2. The highest BCUT2D eigenvalue weighted by atomic mass is 19.1. The van der Waals surface area contributed by atoms with Crippen molar-refractivity contribution in [2.45, 2.75) is 31.8 Å². The number of nitrogens with zero attached hydrogens (tertiary/aromatic N) is 1. The molecule has 3 heterocycles. The van der Waals surface area contributed by atoms with Crippen LogP contribution < -0.4 is 4.74 Å². The van der Waals surface area contributed by atoms with Gasteiger partial charge >= 0.3 is 5.97 Å². The monoisotopic (exact) mass is 417 g/mol. The van der Waals surface area contributed by atoms with Crippen LogP contribution in [0, 0.1) is 5.82 Å². The second kappa shape index (κ2) is 7.87. The second-order valence-corrected chi connectivity index (χ2v) is 7.72. The first-order valence-electron chi connectivity index (χ1n) is 10.2. The van der Waals surface area contributed by atoms with Crippen LogP contribution in [0.1, 0.15) is 35.6 Å². The van der Waals surface area contributed by atoms with Gasteiger partial charge in [0.1, 0.15) is 23.2 Å². The minimum Gasteiger partial charge on any atom is -0.485 e. The first-order chi connectivity index (χ1) is 15.1. The van der Waals surface area contributed by atoms with E-state index in [1.165, 1.54) is 6.07 Å². The van der Waals surface area contributed by atoms with Crippen molar-refractivity contribution < 1.29 is 23.4 Å². The summed E-state index contributed by atoms with van der Waals surface area (Å²) in [6.45, 7) is 0. The molecule has 0 amide bonds. The molecule has 5 rings (SSSR count). The Kier molecular flexibility index (Phi) is 4.90. The van der Waals surface area contributed by atoms with E-state index in [0.29, 0.717) is 41.0 Å². The lowest BCUT2D eigenvalue weighted by Gasteiger charge is -2.27. The van der Waals surface area contributed by atoms with E-state index < -0.39 is 5.97 Å². The number of pyridine rings is 1. The van der Waals surface area contributed by atoms with Gasteiger partial charge in [-0.1, -0.05) is 24.3 Å². The molecule has 0 bridgehead atoms. The number of aromatic nitrogens is 1. The van der Waals surface area contributed by atoms with Crippen molar-refractivity contribution in [1.29, 1.82) is 0 Å². The van der Waals surface area contributed by atoms with Crippen LogP contribution in [0.3, 0.4) is 0 Å². The Bertz CT molecular complexity index is 1280. The summed E-state index contributed by atoms with van der Waals surface area (Å²) >= 11 is 0. The largest absolute Gasteiger partial charge is 0.485 e. The highest BCUT2D eigenvalue weighted by molar-refractivity contribution is 5.76. The summed E-state index contributed by atoms with van der Waals surface area (Å²) in [5.74, 6) is -0.461. The van der Waals surface area contributed by atoms with Gasteiger partial charge in [-0.15, -0.1) is 0 Å². The third-order valence-electron chi connectivity index (χ3n) is 5.65. The number of ether oxygens (including phenoxy) is 1. The summed E-state index contributed by atoms with van der Waals surface area (Å²) in [7, 11) is 0. The van der Waals surface area contributed by atoms with Gasteiger partial charge < -0.3 is 14.3 Å². The number of fused-ring (bicyclic) bond motifs is 2. The molecule has 2 aromatic heterocycles. The Morgan fingerprint density at radius 1 is 1.13 bits per heavy atom. The van der Waals surface area contributed by atoms with Crippen LogP contribution >= 0.6 is 0 Å². The zero-order valence-electron chi connectivity index (χ0n) is 16.7. The number of carbonyl (C=O) groups is 1. The van der Waals surface area contributed by atoms with Crippen molar-refractivity contribution >= 4 is 17.1 Å². The molecule has 1 aliphatic heterocycles. The van der Waals surface area contributed by atoms with Crippen LogP contribution in [0.25, 0.3) is 22.4 Å². The van der Waals surface area contributed by atoms with E-state index in [1.807, 2.05) is 36.4 Å². The van der Waals surface area contributed by atoms with Crippen molar-refractivity contribution in [1.82, 2.24) is 4.98 Å². The van der Waals surface area contributed by atoms with Gasteiger partial charge in [0.15, 0.2) is 5.58 Å². The average Bonchev–Trinajstić information content (AvgIpc) is 3.25. The lowest BCUT2D eigenvalue weighted by Crippen LogP contribution is -2.16. The molecule has 1 atom stereocenters. The molecular formula is C25H20FNO4. The minimum absolute atomic E-state index is 0.0664. The smallest absolute Gasteiger partial charge is 0.303 e. The minimum atomic E-state index is -0.833. The molecule has 4 aromatic rings. The molecule has 0 fully saturated rings. The van der Waals surface area contributed by atoms with Gasteiger partial charge in [0.2, 0.25) is 0 Å². The highest BCUT2D eigenvalue weighted by Gasteiger charge is 2.24. The number of rotatable bonds is 5. The Balaban J connectivity index is 1.38. The zero-order valence-corrected chi connectivity index (χ0v) is 16.7. The molecule has 0 radical (unpaired) electrons. The number of hydrogen-bond acceptors (Lipinski definition) is 4. The first-order valence-corrected chi connectivity index (χ1v) is 10.2. The van der Waals surface area contributed by atoms with Crippen LogP contribution in [0.2, 0.25) is 0 Å². The number of furan rings is 1. The fourth-order valence-corrected chi connectivity index (χ4v) is 4.00. The van der Waals surface area contributed by atoms with Crippen LogP contribution in [0.5, 0.6) is 5.75 Å². The SMILES string of the molecule is O=C(O)CCc1ccc2c(c1)OC(c1ccc(-c3ccc4occc4n3)cc1F)CC2. The topological polar surface area (TPSA) is 72.6 Å². The highest BCUT2D eigenvalue weighted by Crippen LogP contribution is 2.37. The number of carboxylic acids is 1. The number of aliphatic carboxylic acids is 1. The van der Waals surface area contributed by atoms with Gasteiger partial charge in [0.25, 0.3) is 0 Å². The summed E-state index contributed by atoms with van der Waals surface area (Å²) in [5, 5.41) is 8.90. The van der Waals surface area contributed by atoms with E-state index in [0.717, 1.165) is 23.1 Å². The van der Waals surface area contributed by atoms with Gasteiger partial charge in [0, 0.05) is 23.6 Å². The fourth-order valence-electron chi connectivity index (χ4n) is 4.00. The maximum absolute atomic E-state index is 15.0. The summed E-state index contributed by atoms with van der Waals surface area (Å²) in [4.78, 5) is 15.4. The van der Waals surface area contributed by atoms with E-state index in [-0.39, 0.29) is 18.3 Å². The summed E-state index contributed by atoms with van der Waals surface area (Å²) in [5.41, 5.74) is 5.26. The number of carboxylic acid groups (broad SMARTS) is 1. The zero-order chi connectivity index (χ0) is 21.4. The van der Waals surface area contributed by atoms with Crippen LogP contribution in [0.15, 0.2) is 65.3 Å². The average molecular weight is 417 g/mol. The second-order valence-electron chi connectivity index (χ2n) is 7.72. The van der Waals surface area contributed by atoms with Gasteiger partial charge in [-0.2, -0.15) is 0 Å². The van der Waals surface area contributed by atoms with E-state index in [2.05, 4.69) is 4.98 Å². The van der Waals surface area contributed by atoms with Gasteiger partial charge in [0.05, 0.1) is 12.0 Å². The van der Waals surface area contributed by atoms with Gasteiger partial charge in [-0.3, -0.25) is 4.79 Å². The number of aryl methyl sites for hydroxylation is 2. The maximum atomic E-state index is 15.0. The molecular weight excluding hydrogens is 397 g/mol. The number of hydrogen-bond donors (Lipinski definition) is 1. The van der Waals surface area contributed by atoms with Crippen molar-refractivity contribution in [3.63, 3.8) is 0 Å². The van der Waals surface area contributed by atoms with Crippen LogP contribution in [-0.2, 0) is 17.6 Å². The summed E-state index contributed by atoms with van der Waals surface area (Å²) in [6.07, 6.45) is 3.15. The molecule has 2 aromatic carbocycles.